The molecule has 4 aromatic rings. The highest BCUT2D eigenvalue weighted by atomic mass is 79.9. The maximum absolute atomic E-state index is 12.4. The molecule has 0 radical (unpaired) electrons. The highest BCUT2D eigenvalue weighted by Crippen LogP contribution is 2.27. The molecule has 9 nitrogen and oxygen atoms in total. The normalized spacial score (nSPS) is 11.8. The van der Waals surface area contributed by atoms with Crippen LogP contribution in [0.15, 0.2) is 80.7 Å². The number of esters is 1. The summed E-state index contributed by atoms with van der Waals surface area (Å²) in [5.41, 5.74) is 6.52. The van der Waals surface area contributed by atoms with Gasteiger partial charge in [0.25, 0.3) is 0 Å². The van der Waals surface area contributed by atoms with Gasteiger partial charge in [0.05, 0.1) is 17.8 Å². The summed E-state index contributed by atoms with van der Waals surface area (Å²) >= 11 is 3.40. The first-order valence-electron chi connectivity index (χ1n) is 12.1. The van der Waals surface area contributed by atoms with E-state index in [0.29, 0.717) is 27.3 Å². The van der Waals surface area contributed by atoms with Gasteiger partial charge in [-0.25, -0.2) is 10.2 Å². The molecule has 2 heterocycles. The number of aromatic nitrogens is 1. The lowest BCUT2D eigenvalue weighted by Gasteiger charge is -2.13. The molecule has 0 saturated carbocycles. The number of carbonyl (C=O) groups is 2. The highest BCUT2D eigenvalue weighted by Gasteiger charge is 2.16. The minimum atomic E-state index is -0.752. The summed E-state index contributed by atoms with van der Waals surface area (Å²) in [4.78, 5) is 24.0. The first-order chi connectivity index (χ1) is 18.7. The van der Waals surface area contributed by atoms with Crippen LogP contribution in [0.4, 0.5) is 0 Å². The van der Waals surface area contributed by atoms with E-state index >= 15 is 0 Å². The van der Waals surface area contributed by atoms with Gasteiger partial charge in [-0.3, -0.25) is 4.79 Å². The fraction of sp³-hybridized carbons (Fsp3) is 0.207. The molecule has 0 aliphatic rings. The van der Waals surface area contributed by atoms with Gasteiger partial charge in [-0.2, -0.15) is 5.10 Å². The standard InChI is InChI=1S/C29H28BrN3O6/c1-18-5-6-19(2)33(18)22-8-10-23(11-9-22)37-17-24-12-14-27(39-24)28(34)32-31-16-21-7-13-26(25(30)15-21)38-20(3)29(35)36-4/h5-16,20H,17H2,1-4H3,(H,32,34)/b31-16+/t20-/m0/s1. The smallest absolute Gasteiger partial charge is 0.346 e. The Morgan fingerprint density at radius 1 is 1.05 bits per heavy atom. The highest BCUT2D eigenvalue weighted by molar-refractivity contribution is 9.10. The van der Waals surface area contributed by atoms with E-state index in [-0.39, 0.29) is 12.4 Å². The summed E-state index contributed by atoms with van der Waals surface area (Å²) in [6, 6.07) is 20.4. The van der Waals surface area contributed by atoms with Crippen molar-refractivity contribution in [2.24, 2.45) is 5.10 Å². The van der Waals surface area contributed by atoms with Crippen molar-refractivity contribution in [3.05, 3.63) is 99.7 Å². The van der Waals surface area contributed by atoms with Crippen LogP contribution in [0.3, 0.4) is 0 Å². The summed E-state index contributed by atoms with van der Waals surface area (Å²) in [6.07, 6.45) is 0.724. The maximum atomic E-state index is 12.4. The largest absolute Gasteiger partial charge is 0.486 e. The Balaban J connectivity index is 1.28. The zero-order chi connectivity index (χ0) is 27.9. The number of carbonyl (C=O) groups excluding carboxylic acids is 2. The number of hydrazone groups is 1. The van der Waals surface area contributed by atoms with Crippen molar-refractivity contribution in [1.82, 2.24) is 9.99 Å². The van der Waals surface area contributed by atoms with E-state index in [1.807, 2.05) is 24.3 Å². The van der Waals surface area contributed by atoms with Crippen molar-refractivity contribution in [3.63, 3.8) is 0 Å². The van der Waals surface area contributed by atoms with Crippen LogP contribution >= 0.6 is 15.9 Å². The Morgan fingerprint density at radius 2 is 1.77 bits per heavy atom. The predicted molar refractivity (Wildman–Crippen MR) is 150 cm³/mol. The van der Waals surface area contributed by atoms with Crippen molar-refractivity contribution in [2.45, 2.75) is 33.5 Å². The fourth-order valence-electron chi connectivity index (χ4n) is 3.82. The Bertz CT molecular complexity index is 1470. The van der Waals surface area contributed by atoms with Gasteiger partial charge in [-0.1, -0.05) is 0 Å². The van der Waals surface area contributed by atoms with Crippen molar-refractivity contribution >= 4 is 34.0 Å². The van der Waals surface area contributed by atoms with Gasteiger partial charge in [-0.15, -0.1) is 0 Å². The summed E-state index contributed by atoms with van der Waals surface area (Å²) in [5, 5.41) is 3.98. The predicted octanol–water partition coefficient (Wildman–Crippen LogP) is 5.73. The Kier molecular flexibility index (Phi) is 8.88. The second-order valence-electron chi connectivity index (χ2n) is 8.67. The molecule has 10 heteroatoms. The van der Waals surface area contributed by atoms with Crippen molar-refractivity contribution in [3.8, 4) is 17.2 Å². The molecular weight excluding hydrogens is 566 g/mol. The quantitative estimate of drug-likeness (QED) is 0.143. The van der Waals surface area contributed by atoms with Gasteiger partial charge < -0.3 is 23.2 Å². The molecule has 0 saturated heterocycles. The average Bonchev–Trinajstić information content (AvgIpc) is 3.54. The molecule has 0 aliphatic heterocycles. The Labute approximate surface area is 234 Å². The van der Waals surface area contributed by atoms with E-state index < -0.39 is 18.0 Å². The number of hydrogen-bond donors (Lipinski definition) is 1. The van der Waals surface area contributed by atoms with Gasteiger partial charge >= 0.3 is 11.9 Å². The number of amides is 1. The fourth-order valence-corrected chi connectivity index (χ4v) is 4.31. The van der Waals surface area contributed by atoms with E-state index in [2.05, 4.69) is 61.7 Å². The minimum Gasteiger partial charge on any atom is -0.486 e. The van der Waals surface area contributed by atoms with Crippen molar-refractivity contribution in [1.29, 1.82) is 0 Å². The van der Waals surface area contributed by atoms with E-state index in [4.69, 9.17) is 13.9 Å². The van der Waals surface area contributed by atoms with E-state index in [1.54, 1.807) is 37.3 Å². The molecule has 39 heavy (non-hydrogen) atoms. The number of hydrogen-bond acceptors (Lipinski definition) is 7. The molecule has 4 rings (SSSR count). The van der Waals surface area contributed by atoms with Gasteiger partial charge in [0, 0.05) is 17.1 Å². The molecule has 0 bridgehead atoms. The van der Waals surface area contributed by atoms with Crippen LogP contribution in [0.2, 0.25) is 0 Å². The van der Waals surface area contributed by atoms with Crippen LogP contribution in [0, 0.1) is 13.8 Å². The number of nitrogens with zero attached hydrogens (tertiary/aromatic N) is 2. The topological polar surface area (TPSA) is 104 Å². The first kappa shape index (κ1) is 27.7. The first-order valence-corrected chi connectivity index (χ1v) is 12.9. The van der Waals surface area contributed by atoms with Crippen LogP contribution in [-0.4, -0.2) is 35.9 Å². The SMILES string of the molecule is COC(=O)[C@H](C)Oc1ccc(/C=N/NC(=O)c2ccc(COc3ccc(-n4c(C)ccc4C)cc3)o2)cc1Br. The number of aryl methyl sites for hydroxylation is 2. The second kappa shape index (κ2) is 12.5. The molecule has 1 N–H and O–H groups in total. The summed E-state index contributed by atoms with van der Waals surface area (Å²) < 4.78 is 24.4. The molecular formula is C29H28BrN3O6. The van der Waals surface area contributed by atoms with Crippen LogP contribution < -0.4 is 14.9 Å². The van der Waals surface area contributed by atoms with E-state index in [0.717, 1.165) is 17.1 Å². The lowest BCUT2D eigenvalue weighted by Crippen LogP contribution is -2.25. The third-order valence-corrected chi connectivity index (χ3v) is 6.42. The van der Waals surface area contributed by atoms with Crippen molar-refractivity contribution in [2.75, 3.05) is 7.11 Å². The zero-order valence-corrected chi connectivity index (χ0v) is 23.5. The molecule has 1 amide bonds. The number of rotatable bonds is 10. The van der Waals surface area contributed by atoms with Crippen LogP contribution in [0.25, 0.3) is 5.69 Å². The number of ether oxygens (including phenoxy) is 3. The van der Waals surface area contributed by atoms with Crippen molar-refractivity contribution < 1.29 is 28.2 Å². The molecule has 1 atom stereocenters. The zero-order valence-electron chi connectivity index (χ0n) is 21.9. The molecule has 0 fully saturated rings. The van der Waals surface area contributed by atoms with Gasteiger partial charge in [0.2, 0.25) is 0 Å². The van der Waals surface area contributed by atoms with E-state index in [9.17, 15) is 9.59 Å². The van der Waals surface area contributed by atoms with Crippen LogP contribution in [0.5, 0.6) is 11.5 Å². The van der Waals surface area contributed by atoms with E-state index in [1.165, 1.54) is 13.3 Å². The third-order valence-electron chi connectivity index (χ3n) is 5.81. The number of benzene rings is 2. The van der Waals surface area contributed by atoms with Gasteiger partial charge in [-0.05, 0) is 109 Å². The molecule has 2 aromatic heterocycles. The minimum absolute atomic E-state index is 0.112. The molecule has 0 unspecified atom stereocenters. The number of halogens is 1. The lowest BCUT2D eigenvalue weighted by atomic mass is 10.2. The second-order valence-corrected chi connectivity index (χ2v) is 9.53. The maximum Gasteiger partial charge on any atom is 0.346 e. The Morgan fingerprint density at radius 3 is 2.44 bits per heavy atom. The van der Waals surface area contributed by atoms with Gasteiger partial charge in [0.15, 0.2) is 11.9 Å². The average molecular weight is 594 g/mol. The van der Waals surface area contributed by atoms with Gasteiger partial charge in [0.1, 0.15) is 23.9 Å². The lowest BCUT2D eigenvalue weighted by molar-refractivity contribution is -0.147. The number of methoxy groups -OCH3 is 1. The monoisotopic (exact) mass is 593 g/mol. The molecule has 202 valence electrons. The summed E-state index contributed by atoms with van der Waals surface area (Å²) in [6.45, 7) is 5.90. The molecule has 0 spiro atoms. The van der Waals surface area contributed by atoms with Crippen LogP contribution in [-0.2, 0) is 16.1 Å². The molecule has 0 aliphatic carbocycles. The number of furan rings is 1. The third kappa shape index (κ3) is 6.97. The van der Waals surface area contributed by atoms with Crippen LogP contribution in [0.1, 0.15) is 40.2 Å². The molecule has 2 aromatic carbocycles. The summed E-state index contributed by atoms with van der Waals surface area (Å²) in [5.74, 6) is 0.810. The Hall–Kier alpha value is -4.31. The number of nitrogens with one attached hydrogen (secondary N) is 1. The summed E-state index contributed by atoms with van der Waals surface area (Å²) in [7, 11) is 1.30.